The van der Waals surface area contributed by atoms with Crippen molar-refractivity contribution in [2.75, 3.05) is 12.9 Å². The summed E-state index contributed by atoms with van der Waals surface area (Å²) in [6.07, 6.45) is -3.08. The second-order valence-corrected chi connectivity index (χ2v) is 6.15. The Bertz CT molecular complexity index is 758. The average Bonchev–Trinajstić information content (AvgIpc) is 2.76. The molecule has 1 unspecified atom stereocenters. The summed E-state index contributed by atoms with van der Waals surface area (Å²) in [6.45, 7) is 0.0647. The lowest BCUT2D eigenvalue weighted by Gasteiger charge is -2.07. The largest absolute Gasteiger partial charge is 0.453 e. The Morgan fingerprint density at radius 3 is 2.57 bits per heavy atom. The molecule has 0 N–H and O–H groups in total. The minimum atomic E-state index is -4.53. The van der Waals surface area contributed by atoms with Gasteiger partial charge in [0.1, 0.15) is 5.82 Å². The number of ether oxygens (including phenoxy) is 1. The van der Waals surface area contributed by atoms with E-state index < -0.39 is 35.4 Å². The van der Waals surface area contributed by atoms with Crippen molar-refractivity contribution in [2.45, 2.75) is 18.0 Å². The molecule has 0 radical (unpaired) electrons. The van der Waals surface area contributed by atoms with Gasteiger partial charge in [0.2, 0.25) is 0 Å². The molecule has 0 saturated heterocycles. The fourth-order valence-electron chi connectivity index (χ4n) is 1.94. The van der Waals surface area contributed by atoms with Gasteiger partial charge in [0.05, 0.1) is 16.4 Å². The minimum Gasteiger partial charge on any atom is -0.453 e. The number of aryl methyl sites for hydroxylation is 2. The van der Waals surface area contributed by atoms with Crippen LogP contribution in [0.1, 0.15) is 5.56 Å². The quantitative estimate of drug-likeness (QED) is 0.795. The van der Waals surface area contributed by atoms with Gasteiger partial charge in [-0.3, -0.25) is 4.21 Å². The van der Waals surface area contributed by atoms with E-state index in [1.807, 2.05) is 0 Å². The summed E-state index contributed by atoms with van der Waals surface area (Å²) >= 11 is 0. The van der Waals surface area contributed by atoms with Crippen LogP contribution in [0.3, 0.4) is 0 Å². The highest BCUT2D eigenvalue weighted by molar-refractivity contribution is 7.84. The lowest BCUT2D eigenvalue weighted by molar-refractivity contribution is -0.154. The number of hydrogen-bond donors (Lipinski definition) is 0. The Labute approximate surface area is 131 Å². The first-order valence-corrected chi connectivity index (χ1v) is 7.89. The van der Waals surface area contributed by atoms with Crippen LogP contribution in [-0.4, -0.2) is 38.0 Å². The van der Waals surface area contributed by atoms with Crippen LogP contribution in [-0.2, 0) is 17.8 Å². The van der Waals surface area contributed by atoms with Crippen molar-refractivity contribution >= 4 is 10.8 Å². The molecule has 0 aliphatic carbocycles. The zero-order chi connectivity index (χ0) is 17.4. The molecular weight excluding hydrogens is 338 g/mol. The van der Waals surface area contributed by atoms with Crippen LogP contribution in [0.4, 0.5) is 17.6 Å². The number of alkyl halides is 3. The van der Waals surface area contributed by atoms with Crippen molar-refractivity contribution in [1.29, 1.82) is 0 Å². The van der Waals surface area contributed by atoms with Crippen LogP contribution in [0.15, 0.2) is 17.0 Å². The molecular formula is C13H13F4N3O2S. The lowest BCUT2D eigenvalue weighted by atomic mass is 10.1. The number of aromatic nitrogens is 3. The molecule has 0 saturated carbocycles. The van der Waals surface area contributed by atoms with Gasteiger partial charge in [-0.15, -0.1) is 5.10 Å². The number of benzene rings is 1. The van der Waals surface area contributed by atoms with Gasteiger partial charge in [-0.05, 0) is 24.6 Å². The summed E-state index contributed by atoms with van der Waals surface area (Å²) < 4.78 is 67.8. The van der Waals surface area contributed by atoms with Crippen molar-refractivity contribution < 1.29 is 26.5 Å². The molecule has 10 heteroatoms. The van der Waals surface area contributed by atoms with Crippen LogP contribution >= 0.6 is 0 Å². The first-order valence-electron chi connectivity index (χ1n) is 6.33. The molecule has 0 aliphatic rings. The highest BCUT2D eigenvalue weighted by Crippen LogP contribution is 2.27. The number of rotatable bonds is 4. The maximum Gasteiger partial charge on any atom is 0.422 e. The zero-order valence-corrected chi connectivity index (χ0v) is 13.3. The maximum absolute atomic E-state index is 14.1. The van der Waals surface area contributed by atoms with Gasteiger partial charge < -0.3 is 4.74 Å². The third-order valence-electron chi connectivity index (χ3n) is 2.92. The third-order valence-corrected chi connectivity index (χ3v) is 3.98. The van der Waals surface area contributed by atoms with E-state index in [4.69, 9.17) is 0 Å². The topological polar surface area (TPSA) is 57.0 Å². The molecule has 126 valence electrons. The van der Waals surface area contributed by atoms with E-state index >= 15 is 0 Å². The van der Waals surface area contributed by atoms with E-state index in [0.717, 1.165) is 4.68 Å². The second kappa shape index (κ2) is 6.26. The molecule has 0 spiro atoms. The first kappa shape index (κ1) is 17.4. The van der Waals surface area contributed by atoms with Gasteiger partial charge in [0.25, 0.3) is 0 Å². The number of halogens is 4. The molecule has 1 aromatic carbocycles. The monoisotopic (exact) mass is 351 g/mol. The third kappa shape index (κ3) is 4.06. The van der Waals surface area contributed by atoms with Gasteiger partial charge in [-0.2, -0.15) is 18.2 Å². The first-order chi connectivity index (χ1) is 10.6. The average molecular weight is 351 g/mol. The predicted octanol–water partition coefficient (Wildman–Crippen LogP) is 2.61. The Hall–Kier alpha value is -1.97. The van der Waals surface area contributed by atoms with Gasteiger partial charge in [0.15, 0.2) is 12.4 Å². The highest BCUT2D eigenvalue weighted by Gasteiger charge is 2.29. The predicted molar refractivity (Wildman–Crippen MR) is 75.0 cm³/mol. The van der Waals surface area contributed by atoms with Gasteiger partial charge >= 0.3 is 12.2 Å². The lowest BCUT2D eigenvalue weighted by Crippen LogP contribution is -2.19. The normalized spacial score (nSPS) is 13.2. The van der Waals surface area contributed by atoms with Crippen molar-refractivity contribution in [1.82, 2.24) is 14.8 Å². The Balaban J connectivity index is 2.41. The van der Waals surface area contributed by atoms with Crippen LogP contribution in [0, 0.1) is 12.7 Å². The Morgan fingerprint density at radius 2 is 2.00 bits per heavy atom. The molecule has 0 bridgehead atoms. The SMILES string of the molecule is Cc1cc(F)c(-c2nc(OCC(F)(F)F)nn2C)cc1S(C)=O. The minimum absolute atomic E-state index is 0.0161. The van der Waals surface area contributed by atoms with Gasteiger partial charge in [0, 0.05) is 18.2 Å². The summed E-state index contributed by atoms with van der Waals surface area (Å²) in [7, 11) is 0.0416. The Morgan fingerprint density at radius 1 is 1.35 bits per heavy atom. The van der Waals surface area contributed by atoms with Crippen molar-refractivity contribution in [2.24, 2.45) is 7.05 Å². The van der Waals surface area contributed by atoms with Crippen LogP contribution in [0.25, 0.3) is 11.4 Å². The van der Waals surface area contributed by atoms with E-state index in [1.165, 1.54) is 25.4 Å². The van der Waals surface area contributed by atoms with Gasteiger partial charge in [-0.25, -0.2) is 9.07 Å². The molecule has 0 fully saturated rings. The summed E-state index contributed by atoms with van der Waals surface area (Å²) in [5, 5.41) is 3.67. The summed E-state index contributed by atoms with van der Waals surface area (Å²) in [5.41, 5.74) is 0.487. The maximum atomic E-state index is 14.1. The standard InChI is InChI=1S/C13H13F4N3O2S/c1-7-4-9(14)8(5-10(7)23(3)21)11-18-12(19-20(11)2)22-6-13(15,16)17/h4-5H,6H2,1-3H3. The smallest absolute Gasteiger partial charge is 0.422 e. The fourth-order valence-corrected chi connectivity index (χ4v) is 2.73. The molecule has 1 aromatic heterocycles. The van der Waals surface area contributed by atoms with E-state index in [0.29, 0.717) is 10.5 Å². The van der Waals surface area contributed by atoms with Crippen LogP contribution < -0.4 is 4.74 Å². The second-order valence-electron chi connectivity index (χ2n) is 4.80. The number of nitrogens with zero attached hydrogens (tertiary/aromatic N) is 3. The molecule has 0 amide bonds. The summed E-state index contributed by atoms with van der Waals surface area (Å²) in [5.74, 6) is -0.666. The molecule has 0 aliphatic heterocycles. The fraction of sp³-hybridized carbons (Fsp3) is 0.385. The van der Waals surface area contributed by atoms with E-state index in [9.17, 15) is 21.8 Å². The summed E-state index contributed by atoms with van der Waals surface area (Å²) in [4.78, 5) is 4.17. The molecule has 1 heterocycles. The van der Waals surface area contributed by atoms with E-state index in [-0.39, 0.29) is 11.4 Å². The molecule has 2 aromatic rings. The van der Waals surface area contributed by atoms with E-state index in [1.54, 1.807) is 6.92 Å². The molecule has 5 nitrogen and oxygen atoms in total. The molecule has 23 heavy (non-hydrogen) atoms. The molecule has 2 rings (SSSR count). The van der Waals surface area contributed by atoms with Crippen molar-refractivity contribution in [3.05, 3.63) is 23.5 Å². The van der Waals surface area contributed by atoms with Crippen LogP contribution in [0.2, 0.25) is 0 Å². The van der Waals surface area contributed by atoms with E-state index in [2.05, 4.69) is 14.8 Å². The van der Waals surface area contributed by atoms with Crippen molar-refractivity contribution in [3.8, 4) is 17.4 Å². The van der Waals surface area contributed by atoms with Gasteiger partial charge in [-0.1, -0.05) is 0 Å². The number of hydrogen-bond acceptors (Lipinski definition) is 4. The van der Waals surface area contributed by atoms with Crippen molar-refractivity contribution in [3.63, 3.8) is 0 Å². The zero-order valence-electron chi connectivity index (χ0n) is 12.4. The summed E-state index contributed by atoms with van der Waals surface area (Å²) in [6, 6.07) is 2.02. The molecule has 1 atom stereocenters. The highest BCUT2D eigenvalue weighted by atomic mass is 32.2. The van der Waals surface area contributed by atoms with Crippen LogP contribution in [0.5, 0.6) is 6.01 Å². The Kier molecular flexibility index (Phi) is 4.73.